The molecule has 2 aromatic rings. The highest BCUT2D eigenvalue weighted by Gasteiger charge is 2.24. The molecule has 3 nitrogen and oxygen atoms in total. The molecule has 0 spiro atoms. The van der Waals surface area contributed by atoms with Crippen LogP contribution in [0.15, 0.2) is 24.3 Å². The summed E-state index contributed by atoms with van der Waals surface area (Å²) in [5.74, 6) is 0. The molecule has 0 saturated carbocycles. The largest absolute Gasteiger partial charge is 0.399 e. The first-order valence-electron chi connectivity index (χ1n) is 7.12. The first-order chi connectivity index (χ1) is 9.19. The third kappa shape index (κ3) is 2.14. The predicted octanol–water partition coefficient (Wildman–Crippen LogP) is 3.50. The summed E-state index contributed by atoms with van der Waals surface area (Å²) >= 11 is 0. The third-order valence-electron chi connectivity index (χ3n) is 4.10. The van der Waals surface area contributed by atoms with Gasteiger partial charge in [-0.3, -0.25) is 4.98 Å². The molecule has 1 aromatic carbocycles. The molecule has 1 unspecified atom stereocenters. The van der Waals surface area contributed by atoms with Crippen molar-refractivity contribution in [1.82, 2.24) is 4.98 Å². The smallest absolute Gasteiger partial charge is 0.0727 e. The summed E-state index contributed by atoms with van der Waals surface area (Å²) < 4.78 is 0. The maximum atomic E-state index is 5.95. The molecule has 3 heteroatoms. The van der Waals surface area contributed by atoms with Crippen molar-refractivity contribution in [2.24, 2.45) is 0 Å². The molecule has 3 rings (SSSR count). The third-order valence-corrected chi connectivity index (χ3v) is 4.10. The number of anilines is 2. The van der Waals surface area contributed by atoms with Crippen LogP contribution in [-0.4, -0.2) is 17.6 Å². The summed E-state index contributed by atoms with van der Waals surface area (Å²) in [5, 5.41) is 1.19. The fourth-order valence-electron chi connectivity index (χ4n) is 3.17. The standard InChI is InChI=1S/C16H21N3/c1-3-13-5-4-8-19(13)16-9-11(2)18-15-7-6-12(17)10-14(15)16/h6-7,9-10,13H,3-5,8,17H2,1-2H3. The van der Waals surface area contributed by atoms with Crippen LogP contribution < -0.4 is 10.6 Å². The van der Waals surface area contributed by atoms with Crippen molar-refractivity contribution in [3.63, 3.8) is 0 Å². The minimum absolute atomic E-state index is 0.659. The Hall–Kier alpha value is -1.77. The van der Waals surface area contributed by atoms with Crippen molar-refractivity contribution in [3.05, 3.63) is 30.0 Å². The van der Waals surface area contributed by atoms with Gasteiger partial charge in [0, 0.05) is 35.0 Å². The number of pyridine rings is 1. The topological polar surface area (TPSA) is 42.2 Å². The highest BCUT2D eigenvalue weighted by atomic mass is 15.2. The van der Waals surface area contributed by atoms with Crippen molar-refractivity contribution in [2.75, 3.05) is 17.2 Å². The Morgan fingerprint density at radius 3 is 3.00 bits per heavy atom. The Balaban J connectivity index is 2.18. The highest BCUT2D eigenvalue weighted by molar-refractivity contribution is 5.94. The monoisotopic (exact) mass is 255 g/mol. The number of fused-ring (bicyclic) bond motifs is 1. The van der Waals surface area contributed by atoms with Crippen molar-refractivity contribution >= 4 is 22.3 Å². The zero-order chi connectivity index (χ0) is 13.4. The predicted molar refractivity (Wildman–Crippen MR) is 81.6 cm³/mol. The number of nitrogen functional groups attached to an aromatic ring is 1. The SMILES string of the molecule is CCC1CCCN1c1cc(C)nc2ccc(N)cc12. The van der Waals surface area contributed by atoms with Crippen molar-refractivity contribution in [3.8, 4) is 0 Å². The van der Waals surface area contributed by atoms with E-state index >= 15 is 0 Å². The van der Waals surface area contributed by atoms with Crippen molar-refractivity contribution in [1.29, 1.82) is 0 Å². The van der Waals surface area contributed by atoms with Gasteiger partial charge in [0.1, 0.15) is 0 Å². The van der Waals surface area contributed by atoms with Gasteiger partial charge in [-0.1, -0.05) is 6.92 Å². The van der Waals surface area contributed by atoms with Crippen LogP contribution in [0.25, 0.3) is 10.9 Å². The van der Waals surface area contributed by atoms with Gasteiger partial charge < -0.3 is 10.6 Å². The van der Waals surface area contributed by atoms with Gasteiger partial charge in [0.15, 0.2) is 0 Å². The second kappa shape index (κ2) is 4.72. The molecule has 100 valence electrons. The first-order valence-corrected chi connectivity index (χ1v) is 7.12. The second-order valence-corrected chi connectivity index (χ2v) is 5.46. The molecule has 19 heavy (non-hydrogen) atoms. The molecule has 1 aliphatic heterocycles. The highest BCUT2D eigenvalue weighted by Crippen LogP contribution is 2.34. The van der Waals surface area contributed by atoms with E-state index in [-0.39, 0.29) is 0 Å². The summed E-state index contributed by atoms with van der Waals surface area (Å²) in [5.41, 5.74) is 10.2. The van der Waals surface area contributed by atoms with E-state index in [9.17, 15) is 0 Å². The van der Waals surface area contributed by atoms with Gasteiger partial charge in [-0.15, -0.1) is 0 Å². The number of rotatable bonds is 2. The molecule has 0 radical (unpaired) electrons. The zero-order valence-electron chi connectivity index (χ0n) is 11.7. The zero-order valence-corrected chi connectivity index (χ0v) is 11.7. The van der Waals surface area contributed by atoms with Gasteiger partial charge in [-0.05, 0) is 50.5 Å². The van der Waals surface area contributed by atoms with Gasteiger partial charge in [0.05, 0.1) is 5.52 Å². The van der Waals surface area contributed by atoms with E-state index in [4.69, 9.17) is 5.73 Å². The molecule has 1 saturated heterocycles. The summed E-state index contributed by atoms with van der Waals surface area (Å²) in [7, 11) is 0. The number of benzene rings is 1. The first kappa shape index (κ1) is 12.3. The van der Waals surface area contributed by atoms with E-state index in [0.29, 0.717) is 6.04 Å². The molecule has 1 atom stereocenters. The van der Waals surface area contributed by atoms with Gasteiger partial charge >= 0.3 is 0 Å². The molecule has 0 amide bonds. The van der Waals surface area contributed by atoms with E-state index in [1.54, 1.807) is 0 Å². The fraction of sp³-hybridized carbons (Fsp3) is 0.438. The molecule has 1 aromatic heterocycles. The number of aryl methyl sites for hydroxylation is 1. The number of nitrogens with two attached hydrogens (primary N) is 1. The molecule has 0 bridgehead atoms. The van der Waals surface area contributed by atoms with Crippen molar-refractivity contribution in [2.45, 2.75) is 39.2 Å². The Morgan fingerprint density at radius 1 is 1.37 bits per heavy atom. The van der Waals surface area contributed by atoms with Crippen LogP contribution in [0.3, 0.4) is 0 Å². The van der Waals surface area contributed by atoms with E-state index < -0.39 is 0 Å². The van der Waals surface area contributed by atoms with Crippen LogP contribution in [-0.2, 0) is 0 Å². The average Bonchev–Trinajstić information content (AvgIpc) is 2.86. The molecular formula is C16H21N3. The molecule has 2 heterocycles. The Labute approximate surface area is 114 Å². The second-order valence-electron chi connectivity index (χ2n) is 5.46. The minimum Gasteiger partial charge on any atom is -0.399 e. The lowest BCUT2D eigenvalue weighted by Crippen LogP contribution is -2.28. The number of hydrogen-bond donors (Lipinski definition) is 1. The van der Waals surface area contributed by atoms with Crippen LogP contribution in [0, 0.1) is 6.92 Å². The summed E-state index contributed by atoms with van der Waals surface area (Å²) in [6, 6.07) is 8.88. The average molecular weight is 255 g/mol. The lowest BCUT2D eigenvalue weighted by molar-refractivity contribution is 0.646. The summed E-state index contributed by atoms with van der Waals surface area (Å²) in [6.07, 6.45) is 3.77. The summed E-state index contributed by atoms with van der Waals surface area (Å²) in [6.45, 7) is 5.48. The lowest BCUT2D eigenvalue weighted by atomic mass is 10.1. The molecule has 1 fully saturated rings. The van der Waals surface area contributed by atoms with Crippen LogP contribution in [0.4, 0.5) is 11.4 Å². The van der Waals surface area contributed by atoms with Crippen LogP contribution in [0.2, 0.25) is 0 Å². The maximum absolute atomic E-state index is 5.95. The minimum atomic E-state index is 0.659. The fourth-order valence-corrected chi connectivity index (χ4v) is 3.17. The molecule has 0 aliphatic carbocycles. The Bertz CT molecular complexity index is 606. The van der Waals surface area contributed by atoms with E-state index in [0.717, 1.165) is 23.4 Å². The van der Waals surface area contributed by atoms with Crippen LogP contribution in [0.5, 0.6) is 0 Å². The molecule has 1 aliphatic rings. The van der Waals surface area contributed by atoms with Gasteiger partial charge in [-0.2, -0.15) is 0 Å². The quantitative estimate of drug-likeness (QED) is 0.835. The van der Waals surface area contributed by atoms with E-state index in [1.165, 1.54) is 30.3 Å². The van der Waals surface area contributed by atoms with E-state index in [2.05, 4.69) is 35.9 Å². The molecular weight excluding hydrogens is 234 g/mol. The van der Waals surface area contributed by atoms with Gasteiger partial charge in [0.2, 0.25) is 0 Å². The number of nitrogens with zero attached hydrogens (tertiary/aromatic N) is 2. The van der Waals surface area contributed by atoms with Crippen molar-refractivity contribution < 1.29 is 0 Å². The number of hydrogen-bond acceptors (Lipinski definition) is 3. The Kier molecular flexibility index (Phi) is 3.05. The maximum Gasteiger partial charge on any atom is 0.0727 e. The Morgan fingerprint density at radius 2 is 2.21 bits per heavy atom. The molecule has 2 N–H and O–H groups in total. The van der Waals surface area contributed by atoms with E-state index in [1.807, 2.05) is 12.1 Å². The normalized spacial score (nSPS) is 19.3. The van der Waals surface area contributed by atoms with Crippen LogP contribution >= 0.6 is 0 Å². The van der Waals surface area contributed by atoms with Crippen LogP contribution in [0.1, 0.15) is 31.9 Å². The van der Waals surface area contributed by atoms with Gasteiger partial charge in [-0.25, -0.2) is 0 Å². The lowest BCUT2D eigenvalue weighted by Gasteiger charge is -2.27. The summed E-state index contributed by atoms with van der Waals surface area (Å²) in [4.78, 5) is 7.16. The van der Waals surface area contributed by atoms with Gasteiger partial charge in [0.25, 0.3) is 0 Å². The number of aromatic nitrogens is 1.